The van der Waals surface area contributed by atoms with Gasteiger partial charge in [0, 0.05) is 42.5 Å². The van der Waals surface area contributed by atoms with Crippen LogP contribution >= 0.6 is 0 Å². The minimum Gasteiger partial charge on any atom is -0.316 e. The molecule has 24 heavy (non-hydrogen) atoms. The molecule has 0 unspecified atom stereocenters. The molecule has 0 spiro atoms. The smallest absolute Gasteiger partial charge is 0.316 e. The Hall–Kier alpha value is -2.15. The van der Waals surface area contributed by atoms with Gasteiger partial charge in [0.15, 0.2) is 0 Å². The first kappa shape index (κ1) is 15.4. The molecule has 1 fully saturated rings. The molecule has 0 saturated carbocycles. The van der Waals surface area contributed by atoms with Crippen LogP contribution in [0.25, 0.3) is 11.3 Å². The van der Waals surface area contributed by atoms with Gasteiger partial charge in [-0.1, -0.05) is 0 Å². The molecule has 0 aromatic carbocycles. The number of piperidine rings is 1. The van der Waals surface area contributed by atoms with Crippen LogP contribution in [0.2, 0.25) is 0 Å². The third kappa shape index (κ3) is 2.62. The van der Waals surface area contributed by atoms with Crippen LogP contribution in [-0.4, -0.2) is 22.6 Å². The second kappa shape index (κ2) is 5.44. The van der Waals surface area contributed by atoms with Crippen molar-refractivity contribution in [2.24, 2.45) is 5.92 Å². The summed E-state index contributed by atoms with van der Waals surface area (Å²) in [7, 11) is 0. The summed E-state index contributed by atoms with van der Waals surface area (Å²) in [6.07, 6.45) is -2.29. The summed E-state index contributed by atoms with van der Waals surface area (Å²) < 4.78 is 40.5. The van der Waals surface area contributed by atoms with E-state index < -0.39 is 11.7 Å². The average Bonchev–Trinajstić information content (AvgIpc) is 2.55. The fraction of sp³-hybridized carbons (Fsp3) is 0.412. The Morgan fingerprint density at radius 1 is 1.21 bits per heavy atom. The predicted molar refractivity (Wildman–Crippen MR) is 82.7 cm³/mol. The van der Waals surface area contributed by atoms with Crippen LogP contribution < -0.4 is 10.9 Å². The van der Waals surface area contributed by atoms with Crippen molar-refractivity contribution in [1.29, 1.82) is 0 Å². The molecule has 2 aromatic rings. The van der Waals surface area contributed by atoms with Gasteiger partial charge in [0.25, 0.3) is 5.56 Å². The Morgan fingerprint density at radius 2 is 2.04 bits per heavy atom. The number of hydrogen-bond donors (Lipinski definition) is 1. The lowest BCUT2D eigenvalue weighted by atomic mass is 9.83. The molecule has 2 aromatic heterocycles. The van der Waals surface area contributed by atoms with Crippen molar-refractivity contribution in [3.05, 3.63) is 52.1 Å². The summed E-state index contributed by atoms with van der Waals surface area (Å²) in [5.41, 5.74) is 0.584. The minimum atomic E-state index is -4.43. The lowest BCUT2D eigenvalue weighted by Gasteiger charge is -2.37. The number of nitrogens with zero attached hydrogens (tertiary/aromatic N) is 2. The van der Waals surface area contributed by atoms with Crippen LogP contribution in [0.15, 0.2) is 35.3 Å². The van der Waals surface area contributed by atoms with Crippen molar-refractivity contribution in [3.63, 3.8) is 0 Å². The van der Waals surface area contributed by atoms with Gasteiger partial charge in [-0.05, 0) is 37.1 Å². The van der Waals surface area contributed by atoms with E-state index in [0.29, 0.717) is 18.0 Å². The van der Waals surface area contributed by atoms with Crippen LogP contribution in [0.4, 0.5) is 13.2 Å². The molecule has 0 radical (unpaired) electrons. The molecule has 2 aliphatic heterocycles. The predicted octanol–water partition coefficient (Wildman–Crippen LogP) is 2.64. The summed E-state index contributed by atoms with van der Waals surface area (Å²) in [5, 5.41) is 3.36. The Kier molecular flexibility index (Phi) is 3.49. The molecule has 0 amide bonds. The zero-order chi connectivity index (χ0) is 16.9. The number of aromatic nitrogens is 2. The highest BCUT2D eigenvalue weighted by atomic mass is 19.4. The molecule has 0 aliphatic carbocycles. The molecule has 7 heteroatoms. The van der Waals surface area contributed by atoms with Gasteiger partial charge in [-0.2, -0.15) is 13.2 Å². The SMILES string of the molecule is O=c1cc(-c2cc(C(F)(F)F)ccn2)cc2n1C[C@@H]1CNC[C@H]2C1. The fourth-order valence-corrected chi connectivity index (χ4v) is 3.72. The third-order valence-corrected chi connectivity index (χ3v) is 4.84. The first-order chi connectivity index (χ1) is 11.4. The monoisotopic (exact) mass is 335 g/mol. The van der Waals surface area contributed by atoms with E-state index in [4.69, 9.17) is 0 Å². The number of nitrogens with one attached hydrogen (secondary N) is 1. The molecule has 2 atom stereocenters. The van der Waals surface area contributed by atoms with Gasteiger partial charge in [0.05, 0.1) is 11.3 Å². The van der Waals surface area contributed by atoms with E-state index in [1.807, 2.05) is 6.07 Å². The van der Waals surface area contributed by atoms with Crippen LogP contribution in [0.1, 0.15) is 23.6 Å². The second-order valence-electron chi connectivity index (χ2n) is 6.50. The number of pyridine rings is 2. The van der Waals surface area contributed by atoms with Gasteiger partial charge < -0.3 is 9.88 Å². The second-order valence-corrected chi connectivity index (χ2v) is 6.50. The molecule has 4 heterocycles. The quantitative estimate of drug-likeness (QED) is 0.871. The highest BCUT2D eigenvalue weighted by Crippen LogP contribution is 2.35. The Labute approximate surface area is 136 Å². The van der Waals surface area contributed by atoms with E-state index in [2.05, 4.69) is 10.3 Å². The van der Waals surface area contributed by atoms with Gasteiger partial charge >= 0.3 is 6.18 Å². The van der Waals surface area contributed by atoms with Crippen molar-refractivity contribution < 1.29 is 13.2 Å². The minimum absolute atomic E-state index is 0.168. The molecule has 4 nitrogen and oxygen atoms in total. The molecular formula is C17H16F3N3O. The van der Waals surface area contributed by atoms with Crippen LogP contribution in [-0.2, 0) is 12.7 Å². The first-order valence-electron chi connectivity index (χ1n) is 7.91. The largest absolute Gasteiger partial charge is 0.416 e. The van der Waals surface area contributed by atoms with E-state index in [-0.39, 0.29) is 17.2 Å². The number of alkyl halides is 3. The lowest BCUT2D eigenvalue weighted by molar-refractivity contribution is -0.137. The zero-order valence-electron chi connectivity index (χ0n) is 12.8. The lowest BCUT2D eigenvalue weighted by Crippen LogP contribution is -2.44. The van der Waals surface area contributed by atoms with Crippen molar-refractivity contribution >= 4 is 0 Å². The maximum absolute atomic E-state index is 12.9. The van der Waals surface area contributed by atoms with E-state index in [1.165, 1.54) is 6.07 Å². The van der Waals surface area contributed by atoms with Crippen molar-refractivity contribution in [1.82, 2.24) is 14.9 Å². The van der Waals surface area contributed by atoms with Crippen molar-refractivity contribution in [2.45, 2.75) is 25.1 Å². The molecule has 126 valence electrons. The molecule has 2 aliphatic rings. The van der Waals surface area contributed by atoms with E-state index in [1.54, 1.807) is 4.57 Å². The van der Waals surface area contributed by atoms with E-state index >= 15 is 0 Å². The van der Waals surface area contributed by atoms with Crippen LogP contribution in [0.3, 0.4) is 0 Å². The normalized spacial score (nSPS) is 23.0. The maximum Gasteiger partial charge on any atom is 0.416 e. The number of fused-ring (bicyclic) bond motifs is 4. The highest BCUT2D eigenvalue weighted by Gasteiger charge is 2.32. The zero-order valence-corrected chi connectivity index (χ0v) is 12.8. The molecule has 1 N–H and O–H groups in total. The molecule has 2 bridgehead atoms. The van der Waals surface area contributed by atoms with Crippen LogP contribution in [0.5, 0.6) is 0 Å². The highest BCUT2D eigenvalue weighted by molar-refractivity contribution is 5.60. The average molecular weight is 335 g/mol. The molecule has 1 saturated heterocycles. The van der Waals surface area contributed by atoms with Crippen LogP contribution in [0, 0.1) is 5.92 Å². The Bertz CT molecular complexity index is 844. The van der Waals surface area contributed by atoms with E-state index in [0.717, 1.165) is 43.5 Å². The fourth-order valence-electron chi connectivity index (χ4n) is 3.72. The standard InChI is InChI=1S/C17H16F3N3O/c18-17(19,20)13-1-2-22-14(6-13)11-4-15-12-3-10(7-21-8-12)9-23(15)16(24)5-11/h1-2,4-6,10,12,21H,3,7-9H2/t10-,12+/m0/s1. The number of rotatable bonds is 1. The topological polar surface area (TPSA) is 46.9 Å². The summed E-state index contributed by atoms with van der Waals surface area (Å²) in [6, 6.07) is 5.14. The van der Waals surface area contributed by atoms with Gasteiger partial charge in [-0.25, -0.2) is 0 Å². The van der Waals surface area contributed by atoms with Gasteiger partial charge in [-0.15, -0.1) is 0 Å². The Morgan fingerprint density at radius 3 is 2.83 bits per heavy atom. The molecular weight excluding hydrogens is 319 g/mol. The molecule has 4 rings (SSSR count). The first-order valence-corrected chi connectivity index (χ1v) is 7.91. The summed E-state index contributed by atoms with van der Waals surface area (Å²) in [6.45, 7) is 2.35. The number of hydrogen-bond acceptors (Lipinski definition) is 3. The summed E-state index contributed by atoms with van der Waals surface area (Å²) >= 11 is 0. The maximum atomic E-state index is 12.9. The van der Waals surface area contributed by atoms with Gasteiger partial charge in [-0.3, -0.25) is 9.78 Å². The van der Waals surface area contributed by atoms with Crippen molar-refractivity contribution in [2.75, 3.05) is 13.1 Å². The number of halogens is 3. The third-order valence-electron chi connectivity index (χ3n) is 4.84. The van der Waals surface area contributed by atoms with Gasteiger partial charge in [0.1, 0.15) is 0 Å². The summed E-state index contributed by atoms with van der Waals surface area (Å²) in [5.74, 6) is 0.655. The van der Waals surface area contributed by atoms with Crippen molar-refractivity contribution in [3.8, 4) is 11.3 Å². The van der Waals surface area contributed by atoms with Gasteiger partial charge in [0.2, 0.25) is 0 Å². The summed E-state index contributed by atoms with van der Waals surface area (Å²) in [4.78, 5) is 16.5. The Balaban J connectivity index is 1.81. The van der Waals surface area contributed by atoms with E-state index in [9.17, 15) is 18.0 Å².